The fourth-order valence-electron chi connectivity index (χ4n) is 5.27. The molecule has 1 aromatic rings. The summed E-state index contributed by atoms with van der Waals surface area (Å²) >= 11 is 4.13. The van der Waals surface area contributed by atoms with E-state index in [1.807, 2.05) is 0 Å². The SMILES string of the molecule is CCCCCCCCCCCCCCCSc1cccc(SCCCCCCCCCCCCCCC)c1. The van der Waals surface area contributed by atoms with Crippen molar-refractivity contribution in [3.8, 4) is 0 Å². The van der Waals surface area contributed by atoms with Crippen LogP contribution in [-0.2, 0) is 0 Å². The van der Waals surface area contributed by atoms with E-state index < -0.39 is 0 Å². The number of benzene rings is 1. The number of unbranched alkanes of at least 4 members (excludes halogenated alkanes) is 24. The molecule has 0 saturated carbocycles. The Bertz CT molecular complexity index is 537. The molecule has 0 aliphatic heterocycles. The van der Waals surface area contributed by atoms with Crippen LogP contribution in [0.2, 0.25) is 0 Å². The predicted octanol–water partition coefficient (Wildman–Crippen LogP) is 14.1. The first-order chi connectivity index (χ1) is 18.9. The maximum Gasteiger partial charge on any atom is 0.00830 e. The van der Waals surface area contributed by atoms with E-state index in [0.717, 1.165) is 0 Å². The van der Waals surface area contributed by atoms with E-state index >= 15 is 0 Å². The van der Waals surface area contributed by atoms with Crippen molar-refractivity contribution in [1.29, 1.82) is 0 Å². The summed E-state index contributed by atoms with van der Waals surface area (Å²) in [5.74, 6) is 2.56. The van der Waals surface area contributed by atoms with Gasteiger partial charge in [0.1, 0.15) is 0 Å². The predicted molar refractivity (Wildman–Crippen MR) is 179 cm³/mol. The first kappa shape index (κ1) is 35.9. The van der Waals surface area contributed by atoms with Crippen molar-refractivity contribution < 1.29 is 0 Å². The highest BCUT2D eigenvalue weighted by Crippen LogP contribution is 2.27. The average Bonchev–Trinajstić information content (AvgIpc) is 2.93. The smallest absolute Gasteiger partial charge is 0.00830 e. The van der Waals surface area contributed by atoms with Crippen LogP contribution in [0.15, 0.2) is 34.1 Å². The average molecular weight is 563 g/mol. The highest BCUT2D eigenvalue weighted by molar-refractivity contribution is 8.00. The fraction of sp³-hybridized carbons (Fsp3) is 0.833. The third-order valence-corrected chi connectivity index (χ3v) is 10.00. The lowest BCUT2D eigenvalue weighted by molar-refractivity contribution is 0.543. The summed E-state index contributed by atoms with van der Waals surface area (Å²) in [6.45, 7) is 4.61. The fourth-order valence-corrected chi connectivity index (χ4v) is 7.29. The lowest BCUT2D eigenvalue weighted by atomic mass is 10.1. The first-order valence-electron chi connectivity index (χ1n) is 17.2. The Balaban J connectivity index is 1.88. The van der Waals surface area contributed by atoms with Gasteiger partial charge in [0, 0.05) is 9.79 Å². The van der Waals surface area contributed by atoms with Crippen LogP contribution in [0.1, 0.15) is 181 Å². The molecule has 0 saturated heterocycles. The molecule has 0 fully saturated rings. The van der Waals surface area contributed by atoms with Crippen molar-refractivity contribution in [1.82, 2.24) is 0 Å². The molecule has 0 radical (unpaired) electrons. The Labute approximate surface area is 249 Å². The molecular formula is C36H66S2. The van der Waals surface area contributed by atoms with Crippen molar-refractivity contribution in [3.63, 3.8) is 0 Å². The highest BCUT2D eigenvalue weighted by Gasteiger charge is 2.00. The lowest BCUT2D eigenvalue weighted by Gasteiger charge is -2.06. The van der Waals surface area contributed by atoms with Gasteiger partial charge in [-0.2, -0.15) is 0 Å². The van der Waals surface area contributed by atoms with Crippen LogP contribution < -0.4 is 0 Å². The quantitative estimate of drug-likeness (QED) is 0.0675. The second kappa shape index (κ2) is 29.9. The third-order valence-electron chi connectivity index (χ3n) is 7.84. The zero-order valence-electron chi connectivity index (χ0n) is 25.9. The molecule has 0 aromatic heterocycles. The summed E-state index contributed by atoms with van der Waals surface area (Å²) < 4.78 is 0. The minimum absolute atomic E-state index is 1.28. The van der Waals surface area contributed by atoms with Crippen LogP contribution in [0.25, 0.3) is 0 Å². The molecule has 222 valence electrons. The zero-order chi connectivity index (χ0) is 27.2. The number of hydrogen-bond acceptors (Lipinski definition) is 2. The third kappa shape index (κ3) is 24.9. The molecule has 0 nitrogen and oxygen atoms in total. The van der Waals surface area contributed by atoms with Crippen molar-refractivity contribution in [2.75, 3.05) is 11.5 Å². The summed E-state index contributed by atoms with van der Waals surface area (Å²) in [6, 6.07) is 9.31. The Morgan fingerprint density at radius 2 is 0.632 bits per heavy atom. The molecule has 0 amide bonds. The Morgan fingerprint density at radius 3 is 0.921 bits per heavy atom. The minimum Gasteiger partial charge on any atom is -0.126 e. The standard InChI is InChI=1S/C36H66S2/c1-3-5-7-9-11-13-15-17-19-21-23-25-27-32-37-35-30-29-31-36(34-35)38-33-28-26-24-22-20-18-16-14-12-10-8-6-4-2/h29-31,34H,3-28,32-33H2,1-2H3. The van der Waals surface area contributed by atoms with E-state index in [4.69, 9.17) is 0 Å². The van der Waals surface area contributed by atoms with Crippen LogP contribution in [0.4, 0.5) is 0 Å². The molecule has 0 spiro atoms. The molecule has 0 aliphatic rings. The first-order valence-corrected chi connectivity index (χ1v) is 19.2. The van der Waals surface area contributed by atoms with Gasteiger partial charge < -0.3 is 0 Å². The van der Waals surface area contributed by atoms with Crippen molar-refractivity contribution in [3.05, 3.63) is 24.3 Å². The van der Waals surface area contributed by atoms with E-state index in [9.17, 15) is 0 Å². The molecule has 0 heterocycles. The van der Waals surface area contributed by atoms with Crippen LogP contribution in [0, 0.1) is 0 Å². The molecule has 38 heavy (non-hydrogen) atoms. The van der Waals surface area contributed by atoms with E-state index in [1.165, 1.54) is 188 Å². The summed E-state index contributed by atoms with van der Waals surface area (Å²) in [6.07, 6.45) is 37.4. The van der Waals surface area contributed by atoms with Crippen LogP contribution in [0.5, 0.6) is 0 Å². The van der Waals surface area contributed by atoms with E-state index in [0.29, 0.717) is 0 Å². The molecule has 0 bridgehead atoms. The van der Waals surface area contributed by atoms with Crippen molar-refractivity contribution in [2.45, 2.75) is 191 Å². The van der Waals surface area contributed by atoms with E-state index in [2.05, 4.69) is 61.6 Å². The second-order valence-corrected chi connectivity index (χ2v) is 14.0. The molecule has 1 rings (SSSR count). The number of rotatable bonds is 30. The maximum absolute atomic E-state index is 2.43. The normalized spacial score (nSPS) is 11.4. The molecule has 1 aromatic carbocycles. The molecule has 2 heteroatoms. The molecule has 0 N–H and O–H groups in total. The van der Waals surface area contributed by atoms with Gasteiger partial charge in [0.2, 0.25) is 0 Å². The van der Waals surface area contributed by atoms with Gasteiger partial charge in [-0.3, -0.25) is 0 Å². The zero-order valence-corrected chi connectivity index (χ0v) is 27.6. The van der Waals surface area contributed by atoms with Gasteiger partial charge in [-0.25, -0.2) is 0 Å². The topological polar surface area (TPSA) is 0 Å². The molecule has 0 aliphatic carbocycles. The van der Waals surface area contributed by atoms with Gasteiger partial charge in [0.15, 0.2) is 0 Å². The van der Waals surface area contributed by atoms with E-state index in [1.54, 1.807) is 0 Å². The lowest BCUT2D eigenvalue weighted by Crippen LogP contribution is -1.86. The number of thioether (sulfide) groups is 2. The molecule has 0 unspecified atom stereocenters. The van der Waals surface area contributed by atoms with Crippen LogP contribution >= 0.6 is 23.5 Å². The monoisotopic (exact) mass is 562 g/mol. The van der Waals surface area contributed by atoms with Gasteiger partial charge in [0.25, 0.3) is 0 Å². The van der Waals surface area contributed by atoms with Crippen molar-refractivity contribution >= 4 is 23.5 Å². The minimum atomic E-state index is 1.28. The largest absolute Gasteiger partial charge is 0.126 e. The summed E-state index contributed by atoms with van der Waals surface area (Å²) in [5.41, 5.74) is 0. The van der Waals surface area contributed by atoms with E-state index in [-0.39, 0.29) is 0 Å². The number of hydrogen-bond donors (Lipinski definition) is 0. The van der Waals surface area contributed by atoms with Crippen molar-refractivity contribution in [2.24, 2.45) is 0 Å². The van der Waals surface area contributed by atoms with Gasteiger partial charge >= 0.3 is 0 Å². The Morgan fingerprint density at radius 1 is 0.368 bits per heavy atom. The summed E-state index contributed by atoms with van der Waals surface area (Å²) in [7, 11) is 0. The summed E-state index contributed by atoms with van der Waals surface area (Å²) in [4.78, 5) is 2.94. The second-order valence-electron chi connectivity index (χ2n) is 11.7. The molecular weight excluding hydrogens is 497 g/mol. The van der Waals surface area contributed by atoms with Gasteiger partial charge in [-0.1, -0.05) is 174 Å². The maximum atomic E-state index is 2.43. The molecule has 0 atom stereocenters. The van der Waals surface area contributed by atoms with Gasteiger partial charge in [0.05, 0.1) is 0 Å². The Hall–Kier alpha value is -0.0800. The van der Waals surface area contributed by atoms with Crippen LogP contribution in [-0.4, -0.2) is 11.5 Å². The summed E-state index contributed by atoms with van der Waals surface area (Å²) in [5, 5.41) is 0. The van der Waals surface area contributed by atoms with Gasteiger partial charge in [-0.05, 0) is 42.5 Å². The highest BCUT2D eigenvalue weighted by atomic mass is 32.2. The Kier molecular flexibility index (Phi) is 28.3. The van der Waals surface area contributed by atoms with Gasteiger partial charge in [-0.15, -0.1) is 23.5 Å². The van der Waals surface area contributed by atoms with Crippen LogP contribution in [0.3, 0.4) is 0 Å².